The summed E-state index contributed by atoms with van der Waals surface area (Å²) >= 11 is 0. The molecule has 2 rings (SSSR count). The number of aromatic nitrogens is 1. The normalized spacial score (nSPS) is 11.3. The van der Waals surface area contributed by atoms with E-state index in [1.807, 2.05) is 4.98 Å². The van der Waals surface area contributed by atoms with E-state index in [2.05, 4.69) is 0 Å². The molecule has 5 N–H and O–H groups in total. The van der Waals surface area contributed by atoms with Crippen LogP contribution in [-0.2, 0) is 9.84 Å². The largest absolute Gasteiger partial charge is 0.478 e. The number of hydrogen-bond donors (Lipinski definition) is 4. The number of rotatable bonds is 4. The van der Waals surface area contributed by atoms with Gasteiger partial charge in [0.1, 0.15) is 22.8 Å². The Bertz CT molecular complexity index is 1070. The number of anilines is 1. The van der Waals surface area contributed by atoms with E-state index in [-0.39, 0.29) is 0 Å². The Labute approximate surface area is 139 Å². The van der Waals surface area contributed by atoms with Crippen molar-refractivity contribution in [1.29, 1.82) is 0 Å². The molecular formula is C14H11FN2O7S. The lowest BCUT2D eigenvalue weighted by Crippen LogP contribution is -2.24. The summed E-state index contributed by atoms with van der Waals surface area (Å²) in [6.07, 6.45) is 0.826. The third-order valence-corrected chi connectivity index (χ3v) is 4.42. The lowest BCUT2D eigenvalue weighted by atomic mass is 9.95. The molecule has 0 aliphatic heterocycles. The van der Waals surface area contributed by atoms with Gasteiger partial charge in [0, 0.05) is 17.4 Å². The third-order valence-electron chi connectivity index (χ3n) is 3.31. The first kappa shape index (κ1) is 18.1. The minimum Gasteiger partial charge on any atom is -0.478 e. The third kappa shape index (κ3) is 3.21. The molecule has 0 bridgehead atoms. The Kier molecular flexibility index (Phi) is 4.36. The molecule has 9 nitrogen and oxygen atoms in total. The van der Waals surface area contributed by atoms with E-state index in [0.29, 0.717) is 0 Å². The number of halogens is 1. The van der Waals surface area contributed by atoms with E-state index in [1.165, 1.54) is 0 Å². The number of aromatic carboxylic acids is 2. The molecule has 0 unspecified atom stereocenters. The first-order valence-electron chi connectivity index (χ1n) is 6.47. The molecule has 0 atom stereocenters. The predicted octanol–water partition coefficient (Wildman–Crippen LogP) is 0.563. The number of aromatic amines is 1. The second-order valence-electron chi connectivity index (χ2n) is 5.02. The van der Waals surface area contributed by atoms with E-state index in [1.54, 1.807) is 0 Å². The molecule has 0 aliphatic carbocycles. The van der Waals surface area contributed by atoms with Crippen LogP contribution >= 0.6 is 0 Å². The van der Waals surface area contributed by atoms with Crippen molar-refractivity contribution in [3.8, 4) is 11.1 Å². The monoisotopic (exact) mass is 370 g/mol. The van der Waals surface area contributed by atoms with Gasteiger partial charge in [0.05, 0.1) is 4.90 Å². The highest BCUT2D eigenvalue weighted by molar-refractivity contribution is 7.90. The molecule has 0 spiro atoms. The van der Waals surface area contributed by atoms with Gasteiger partial charge in [0.25, 0.3) is 5.56 Å². The van der Waals surface area contributed by atoms with Crippen LogP contribution in [0.1, 0.15) is 20.7 Å². The van der Waals surface area contributed by atoms with Crippen molar-refractivity contribution in [2.24, 2.45) is 0 Å². The van der Waals surface area contributed by atoms with Gasteiger partial charge >= 0.3 is 11.9 Å². The van der Waals surface area contributed by atoms with E-state index >= 15 is 0 Å². The van der Waals surface area contributed by atoms with E-state index in [4.69, 9.17) is 5.73 Å². The number of carbonyl (C=O) groups is 2. The van der Waals surface area contributed by atoms with Crippen molar-refractivity contribution < 1.29 is 32.6 Å². The Morgan fingerprint density at radius 1 is 1.16 bits per heavy atom. The summed E-state index contributed by atoms with van der Waals surface area (Å²) in [5, 5.41) is 18.5. The van der Waals surface area contributed by atoms with Gasteiger partial charge in [-0.3, -0.25) is 4.79 Å². The number of H-pyrrole nitrogens is 1. The fourth-order valence-corrected chi connectivity index (χ4v) is 2.89. The Hall–Kier alpha value is -3.21. The molecule has 0 saturated carbocycles. The quantitative estimate of drug-likeness (QED) is 0.566. The molecule has 1 heterocycles. The van der Waals surface area contributed by atoms with Gasteiger partial charge in [0.15, 0.2) is 9.84 Å². The minimum absolute atomic E-state index is 0.393. The lowest BCUT2D eigenvalue weighted by Gasteiger charge is -2.13. The molecule has 132 valence electrons. The molecule has 11 heteroatoms. The fourth-order valence-electron chi connectivity index (χ4n) is 2.24. The summed E-state index contributed by atoms with van der Waals surface area (Å²) in [5.74, 6) is -5.37. The van der Waals surface area contributed by atoms with Crippen LogP contribution in [0.25, 0.3) is 11.1 Å². The minimum atomic E-state index is -3.82. The number of nitrogens with two attached hydrogens (primary N) is 1. The highest BCUT2D eigenvalue weighted by atomic mass is 32.2. The van der Waals surface area contributed by atoms with Crippen LogP contribution in [0.5, 0.6) is 0 Å². The molecule has 25 heavy (non-hydrogen) atoms. The average molecular weight is 370 g/mol. The maximum atomic E-state index is 14.3. The van der Waals surface area contributed by atoms with Crippen LogP contribution in [0.2, 0.25) is 0 Å². The van der Waals surface area contributed by atoms with Crippen LogP contribution in [0.4, 0.5) is 10.2 Å². The van der Waals surface area contributed by atoms with E-state index < -0.39 is 66.1 Å². The van der Waals surface area contributed by atoms with Crippen molar-refractivity contribution >= 4 is 27.6 Å². The summed E-state index contributed by atoms with van der Waals surface area (Å²) < 4.78 is 37.6. The van der Waals surface area contributed by atoms with E-state index in [9.17, 15) is 37.4 Å². The first-order chi connectivity index (χ1) is 11.4. The number of carboxylic acid groups (broad SMARTS) is 2. The Balaban J connectivity index is 3.09. The number of carboxylic acids is 2. The molecule has 2 aromatic rings. The van der Waals surface area contributed by atoms with Crippen LogP contribution in [0, 0.1) is 5.82 Å². The van der Waals surface area contributed by atoms with Gasteiger partial charge < -0.3 is 20.9 Å². The van der Waals surface area contributed by atoms with Gasteiger partial charge in [-0.1, -0.05) is 0 Å². The van der Waals surface area contributed by atoms with Crippen molar-refractivity contribution in [3.63, 3.8) is 0 Å². The van der Waals surface area contributed by atoms with Crippen molar-refractivity contribution in [2.45, 2.75) is 4.90 Å². The topological polar surface area (TPSA) is 168 Å². The van der Waals surface area contributed by atoms with Crippen molar-refractivity contribution in [2.75, 3.05) is 12.0 Å². The van der Waals surface area contributed by atoms with Crippen molar-refractivity contribution in [1.82, 2.24) is 4.98 Å². The predicted molar refractivity (Wildman–Crippen MR) is 83.9 cm³/mol. The maximum Gasteiger partial charge on any atom is 0.342 e. The summed E-state index contributed by atoms with van der Waals surface area (Å²) in [5.41, 5.74) is 0.745. The van der Waals surface area contributed by atoms with Crippen LogP contribution < -0.4 is 11.3 Å². The SMILES string of the molecule is CS(=O)(=O)c1ccc(F)c(-c2c(C(=O)O)c(N)[nH]c(=O)c2C(=O)O)c1. The number of nitrogens with one attached hydrogen (secondary N) is 1. The zero-order valence-corrected chi connectivity index (χ0v) is 13.3. The summed E-state index contributed by atoms with van der Waals surface area (Å²) in [7, 11) is -3.82. The summed E-state index contributed by atoms with van der Waals surface area (Å²) in [4.78, 5) is 36.2. The lowest BCUT2D eigenvalue weighted by molar-refractivity contribution is 0.0695. The van der Waals surface area contributed by atoms with Gasteiger partial charge in [-0.15, -0.1) is 0 Å². The average Bonchev–Trinajstić information content (AvgIpc) is 2.44. The summed E-state index contributed by atoms with van der Waals surface area (Å²) in [6, 6.07) is 2.39. The Morgan fingerprint density at radius 3 is 2.20 bits per heavy atom. The van der Waals surface area contributed by atoms with Gasteiger partial charge in [-0.2, -0.15) is 0 Å². The number of benzene rings is 1. The Morgan fingerprint density at radius 2 is 1.72 bits per heavy atom. The second kappa shape index (κ2) is 6.02. The standard InChI is InChI=1S/C14H11FN2O7S/c1-25(23,24)5-2-3-7(15)6(4-5)8-9(13(19)20)11(16)17-12(18)10(8)14(21)22/h2-4H,1H3,(H,19,20)(H,21,22)(H3,16,17,18). The zero-order valence-electron chi connectivity index (χ0n) is 12.5. The van der Waals surface area contributed by atoms with Crippen LogP contribution in [0.15, 0.2) is 27.9 Å². The number of nitrogen functional groups attached to an aromatic ring is 1. The molecule has 1 aromatic carbocycles. The molecular weight excluding hydrogens is 359 g/mol. The highest BCUT2D eigenvalue weighted by Crippen LogP contribution is 2.32. The molecule has 0 saturated heterocycles. The number of sulfone groups is 1. The fraction of sp³-hybridized carbons (Fsp3) is 0.0714. The molecule has 0 aliphatic rings. The summed E-state index contributed by atoms with van der Waals surface area (Å²) in [6.45, 7) is 0. The van der Waals surface area contributed by atoms with Crippen LogP contribution in [-0.4, -0.2) is 41.8 Å². The van der Waals surface area contributed by atoms with Crippen molar-refractivity contribution in [3.05, 3.63) is 45.5 Å². The highest BCUT2D eigenvalue weighted by Gasteiger charge is 2.28. The second-order valence-corrected chi connectivity index (χ2v) is 7.03. The van der Waals surface area contributed by atoms with E-state index in [0.717, 1.165) is 24.5 Å². The van der Waals surface area contributed by atoms with Gasteiger partial charge in [-0.05, 0) is 18.2 Å². The van der Waals surface area contributed by atoms with Gasteiger partial charge in [-0.25, -0.2) is 22.4 Å². The molecule has 0 fully saturated rings. The number of pyridine rings is 1. The molecule has 1 aromatic heterocycles. The number of hydrogen-bond acceptors (Lipinski definition) is 6. The molecule has 0 amide bonds. The maximum absolute atomic E-state index is 14.3. The van der Waals surface area contributed by atoms with Gasteiger partial charge in [0.2, 0.25) is 0 Å². The zero-order chi connectivity index (χ0) is 19.1. The van der Waals surface area contributed by atoms with Crippen LogP contribution in [0.3, 0.4) is 0 Å². The first-order valence-corrected chi connectivity index (χ1v) is 8.36. The smallest absolute Gasteiger partial charge is 0.342 e. The molecule has 0 radical (unpaired) electrons.